The second-order valence-electron chi connectivity index (χ2n) is 5.85. The second-order valence-corrected chi connectivity index (χ2v) is 6.26. The van der Waals surface area contributed by atoms with Crippen LogP contribution < -0.4 is 0 Å². The fraction of sp³-hybridized carbons (Fsp3) is 0.562. The molecule has 2 fully saturated rings. The molecule has 0 aliphatic carbocycles. The maximum absolute atomic E-state index is 12.4. The van der Waals surface area contributed by atoms with Gasteiger partial charge in [-0.05, 0) is 24.5 Å². The summed E-state index contributed by atoms with van der Waals surface area (Å²) in [6.45, 7) is 2.89. The lowest BCUT2D eigenvalue weighted by Gasteiger charge is -2.35. The van der Waals surface area contributed by atoms with Crippen molar-refractivity contribution in [1.29, 1.82) is 0 Å². The molecule has 124 valence electrons. The molecule has 3 heterocycles. The Kier molecular flexibility index (Phi) is 5.13. The van der Waals surface area contributed by atoms with Crippen molar-refractivity contribution in [2.45, 2.75) is 25.4 Å². The minimum absolute atomic E-state index is 0.0177. The first-order chi connectivity index (χ1) is 11.1. The van der Waals surface area contributed by atoms with Gasteiger partial charge in [-0.1, -0.05) is 11.6 Å². The highest BCUT2D eigenvalue weighted by molar-refractivity contribution is 6.31. The van der Waals surface area contributed by atoms with Gasteiger partial charge in [0, 0.05) is 50.2 Å². The summed E-state index contributed by atoms with van der Waals surface area (Å²) in [6.07, 6.45) is 4.93. The lowest BCUT2D eigenvalue weighted by molar-refractivity contribution is -0.145. The van der Waals surface area contributed by atoms with Crippen molar-refractivity contribution >= 4 is 23.4 Å². The molecule has 3 rings (SSSR count). The fourth-order valence-electron chi connectivity index (χ4n) is 2.97. The van der Waals surface area contributed by atoms with Crippen LogP contribution in [0.5, 0.6) is 0 Å². The Bertz CT molecular complexity index is 582. The van der Waals surface area contributed by atoms with E-state index in [9.17, 15) is 9.59 Å². The van der Waals surface area contributed by atoms with Crippen LogP contribution in [-0.2, 0) is 20.7 Å². The van der Waals surface area contributed by atoms with Crippen molar-refractivity contribution in [2.24, 2.45) is 0 Å². The number of halogens is 1. The number of nitrogens with zero attached hydrogens (tertiary/aromatic N) is 3. The molecule has 2 aliphatic heterocycles. The van der Waals surface area contributed by atoms with Crippen LogP contribution in [0.1, 0.15) is 18.4 Å². The average Bonchev–Trinajstić information content (AvgIpc) is 3.11. The number of hydrogen-bond donors (Lipinski definition) is 0. The molecule has 6 nitrogen and oxygen atoms in total. The zero-order chi connectivity index (χ0) is 16.2. The van der Waals surface area contributed by atoms with Crippen LogP contribution in [0.25, 0.3) is 0 Å². The quantitative estimate of drug-likeness (QED) is 0.829. The van der Waals surface area contributed by atoms with Crippen molar-refractivity contribution < 1.29 is 14.3 Å². The Labute approximate surface area is 140 Å². The Hall–Kier alpha value is -1.66. The van der Waals surface area contributed by atoms with E-state index in [0.717, 1.165) is 18.4 Å². The van der Waals surface area contributed by atoms with Crippen LogP contribution in [0.2, 0.25) is 5.02 Å². The molecule has 0 N–H and O–H groups in total. The average molecular weight is 338 g/mol. The summed E-state index contributed by atoms with van der Waals surface area (Å²) in [5.41, 5.74) is 0.733. The van der Waals surface area contributed by atoms with E-state index in [1.165, 1.54) is 0 Å². The van der Waals surface area contributed by atoms with Crippen LogP contribution >= 0.6 is 11.6 Å². The van der Waals surface area contributed by atoms with Gasteiger partial charge in [0.15, 0.2) is 0 Å². The number of carbonyl (C=O) groups excluding carboxylic acids is 2. The molecular weight excluding hydrogens is 318 g/mol. The second kappa shape index (κ2) is 7.27. The predicted molar refractivity (Wildman–Crippen MR) is 85.1 cm³/mol. The Morgan fingerprint density at radius 3 is 2.65 bits per heavy atom. The van der Waals surface area contributed by atoms with Crippen LogP contribution in [0, 0.1) is 0 Å². The van der Waals surface area contributed by atoms with Crippen molar-refractivity contribution in [3.63, 3.8) is 0 Å². The van der Waals surface area contributed by atoms with E-state index < -0.39 is 0 Å². The number of pyridine rings is 1. The first kappa shape index (κ1) is 16.2. The maximum Gasteiger partial charge on any atom is 0.251 e. The van der Waals surface area contributed by atoms with E-state index in [1.807, 2.05) is 0 Å². The fourth-order valence-corrected chi connectivity index (χ4v) is 3.14. The number of ether oxygens (including phenoxy) is 1. The summed E-state index contributed by atoms with van der Waals surface area (Å²) < 4.78 is 5.44. The molecule has 0 spiro atoms. The van der Waals surface area contributed by atoms with Gasteiger partial charge in [0.1, 0.15) is 6.10 Å². The number of carbonyl (C=O) groups is 2. The monoisotopic (exact) mass is 337 g/mol. The van der Waals surface area contributed by atoms with Crippen LogP contribution in [0.15, 0.2) is 18.5 Å². The highest BCUT2D eigenvalue weighted by Crippen LogP contribution is 2.18. The van der Waals surface area contributed by atoms with Crippen molar-refractivity contribution in [1.82, 2.24) is 14.8 Å². The van der Waals surface area contributed by atoms with E-state index >= 15 is 0 Å². The van der Waals surface area contributed by atoms with Gasteiger partial charge in [-0.25, -0.2) is 0 Å². The molecule has 7 heteroatoms. The largest absolute Gasteiger partial charge is 0.368 e. The molecule has 1 aromatic rings. The van der Waals surface area contributed by atoms with Gasteiger partial charge < -0.3 is 14.5 Å². The Morgan fingerprint density at radius 1 is 1.26 bits per heavy atom. The zero-order valence-electron chi connectivity index (χ0n) is 12.9. The molecular formula is C16H20ClN3O3. The summed E-state index contributed by atoms with van der Waals surface area (Å²) >= 11 is 6.07. The molecule has 0 aromatic carbocycles. The number of hydrogen-bond acceptors (Lipinski definition) is 4. The van der Waals surface area contributed by atoms with Gasteiger partial charge in [0.25, 0.3) is 5.91 Å². The lowest BCUT2D eigenvalue weighted by atomic mass is 10.1. The van der Waals surface area contributed by atoms with Crippen LogP contribution in [0.3, 0.4) is 0 Å². The van der Waals surface area contributed by atoms with E-state index in [-0.39, 0.29) is 24.3 Å². The topological polar surface area (TPSA) is 62.7 Å². The summed E-state index contributed by atoms with van der Waals surface area (Å²) in [5, 5.41) is 0.556. The summed E-state index contributed by atoms with van der Waals surface area (Å²) in [7, 11) is 0. The van der Waals surface area contributed by atoms with Gasteiger partial charge in [-0.2, -0.15) is 0 Å². The molecule has 0 bridgehead atoms. The molecule has 2 amide bonds. The molecule has 0 unspecified atom stereocenters. The van der Waals surface area contributed by atoms with Gasteiger partial charge in [-0.15, -0.1) is 0 Å². The minimum atomic E-state index is -0.286. The summed E-state index contributed by atoms with van der Waals surface area (Å²) in [4.78, 5) is 32.2. The molecule has 2 saturated heterocycles. The highest BCUT2D eigenvalue weighted by atomic mass is 35.5. The van der Waals surface area contributed by atoms with Crippen LogP contribution in [-0.4, -0.2) is 65.5 Å². The van der Waals surface area contributed by atoms with E-state index in [4.69, 9.17) is 16.3 Å². The number of piperazine rings is 1. The third kappa shape index (κ3) is 3.82. The van der Waals surface area contributed by atoms with E-state index in [0.29, 0.717) is 37.8 Å². The minimum Gasteiger partial charge on any atom is -0.368 e. The normalized spacial score (nSPS) is 21.5. The number of rotatable bonds is 3. The molecule has 2 aliphatic rings. The van der Waals surface area contributed by atoms with Gasteiger partial charge in [0.05, 0.1) is 6.42 Å². The molecule has 1 atom stereocenters. The predicted octanol–water partition coefficient (Wildman–Crippen LogP) is 1.13. The molecule has 0 saturated carbocycles. The van der Waals surface area contributed by atoms with Gasteiger partial charge >= 0.3 is 0 Å². The first-order valence-corrected chi connectivity index (χ1v) is 8.29. The zero-order valence-corrected chi connectivity index (χ0v) is 13.7. The van der Waals surface area contributed by atoms with Crippen molar-refractivity contribution in [2.75, 3.05) is 32.8 Å². The standard InChI is InChI=1S/C16H20ClN3O3/c17-13-3-4-18-11-12(13)10-15(21)19-5-7-20(8-6-19)16(22)14-2-1-9-23-14/h3-4,11,14H,1-2,5-10H2/t14-/m0/s1. The third-order valence-electron chi connectivity index (χ3n) is 4.33. The first-order valence-electron chi connectivity index (χ1n) is 7.91. The Balaban J connectivity index is 1.51. The third-order valence-corrected chi connectivity index (χ3v) is 4.70. The summed E-state index contributed by atoms with van der Waals surface area (Å²) in [6, 6.07) is 1.68. The molecule has 0 radical (unpaired) electrons. The van der Waals surface area contributed by atoms with Crippen molar-refractivity contribution in [3.05, 3.63) is 29.0 Å². The van der Waals surface area contributed by atoms with Crippen molar-refractivity contribution in [3.8, 4) is 0 Å². The van der Waals surface area contributed by atoms with E-state index in [1.54, 1.807) is 28.3 Å². The summed E-state index contributed by atoms with van der Waals surface area (Å²) in [5.74, 6) is 0.0778. The molecule has 23 heavy (non-hydrogen) atoms. The molecule has 1 aromatic heterocycles. The number of amides is 2. The highest BCUT2D eigenvalue weighted by Gasteiger charge is 2.31. The van der Waals surface area contributed by atoms with Gasteiger partial charge in [-0.3, -0.25) is 14.6 Å². The van der Waals surface area contributed by atoms with Crippen LogP contribution in [0.4, 0.5) is 0 Å². The maximum atomic E-state index is 12.4. The smallest absolute Gasteiger partial charge is 0.251 e. The Morgan fingerprint density at radius 2 is 2.00 bits per heavy atom. The number of aromatic nitrogens is 1. The SMILES string of the molecule is O=C(Cc1cnccc1Cl)N1CCN(C(=O)[C@@H]2CCCO2)CC1. The van der Waals surface area contributed by atoms with Gasteiger partial charge in [0.2, 0.25) is 5.91 Å². The van der Waals surface area contributed by atoms with E-state index in [2.05, 4.69) is 4.98 Å². The lowest BCUT2D eigenvalue weighted by Crippen LogP contribution is -2.53.